The number of hydrogen-bond acceptors (Lipinski definition) is 5. The van der Waals surface area contributed by atoms with Gasteiger partial charge in [0.25, 0.3) is 0 Å². The van der Waals surface area contributed by atoms with E-state index in [4.69, 9.17) is 12.6 Å². The maximum Gasteiger partial charge on any atom is 0.222 e. The lowest BCUT2D eigenvalue weighted by molar-refractivity contribution is -0.170. The van der Waals surface area contributed by atoms with Gasteiger partial charge in [-0.1, -0.05) is 34.6 Å². The minimum absolute atomic E-state index is 0.0306. The smallest absolute Gasteiger partial charge is 0.222 e. The van der Waals surface area contributed by atoms with Gasteiger partial charge in [-0.15, -0.1) is 0 Å². The first-order valence-electron chi connectivity index (χ1n) is 14.5. The zero-order valence-electron chi connectivity index (χ0n) is 23.9. The van der Waals surface area contributed by atoms with E-state index in [9.17, 15) is 14.7 Å². The van der Waals surface area contributed by atoms with Crippen LogP contribution >= 0.6 is 12.6 Å². The van der Waals surface area contributed by atoms with Crippen LogP contribution in [0.5, 0.6) is 0 Å². The SMILES string of the molecule is CC(C)C(=O)N[C@H]1CC[C@]23C[C@@]24C(=O)C[C@]2(C)[C@@H]([C@H](C)N(C)C)[C@H](O)C[C@@]2(C)[C@@H]4CC[C@H]3[C@]1(C)CS. The van der Waals surface area contributed by atoms with Crippen LogP contribution in [0, 0.1) is 50.7 Å². The molecule has 0 saturated heterocycles. The molecule has 36 heavy (non-hydrogen) atoms. The van der Waals surface area contributed by atoms with Crippen molar-refractivity contribution in [3.05, 3.63) is 0 Å². The third-order valence-electron chi connectivity index (χ3n) is 13.2. The van der Waals surface area contributed by atoms with E-state index in [-0.39, 0.29) is 63.0 Å². The molecule has 2 N–H and O–H groups in total. The van der Waals surface area contributed by atoms with E-state index in [2.05, 4.69) is 52.0 Å². The van der Waals surface area contributed by atoms with Crippen molar-refractivity contribution >= 4 is 24.3 Å². The Kier molecular flexibility index (Phi) is 6.15. The number of carbonyl (C=O) groups excluding carboxylic acids is 2. The van der Waals surface area contributed by atoms with E-state index in [1.165, 1.54) is 0 Å². The highest BCUT2D eigenvalue weighted by Crippen LogP contribution is 2.88. The van der Waals surface area contributed by atoms with Crippen LogP contribution in [0.25, 0.3) is 0 Å². The lowest BCUT2D eigenvalue weighted by Crippen LogP contribution is -2.63. The van der Waals surface area contributed by atoms with E-state index >= 15 is 0 Å². The largest absolute Gasteiger partial charge is 0.393 e. The van der Waals surface area contributed by atoms with E-state index in [1.807, 2.05) is 13.8 Å². The molecule has 5 saturated carbocycles. The van der Waals surface area contributed by atoms with Crippen LogP contribution in [0.15, 0.2) is 0 Å². The Balaban J connectivity index is 1.51. The first kappa shape index (κ1) is 27.0. The summed E-state index contributed by atoms with van der Waals surface area (Å²) in [6.45, 7) is 13.2. The van der Waals surface area contributed by atoms with E-state index in [0.29, 0.717) is 24.0 Å². The van der Waals surface area contributed by atoms with Gasteiger partial charge < -0.3 is 15.3 Å². The number of ketones is 1. The number of aliphatic hydroxyl groups excluding tert-OH is 1. The number of amides is 1. The normalized spacial score (nSPS) is 52.3. The van der Waals surface area contributed by atoms with Crippen molar-refractivity contribution in [2.45, 2.75) is 105 Å². The minimum atomic E-state index is -0.363. The molecule has 6 heteroatoms. The molecule has 5 fully saturated rings. The van der Waals surface area contributed by atoms with Gasteiger partial charge in [0.05, 0.1) is 6.10 Å². The number of nitrogens with one attached hydrogen (secondary N) is 1. The standard InChI is InChI=1S/C30H50N2O3S/c1-17(2)25(35)31-22-11-12-29-15-30(29)21(10-9-20(29)26(22,4)16-36)27(5)13-19(33)24(18(3)32(7)8)28(27,6)14-23(30)34/h17-22,24,33,36H,9-16H2,1-8H3,(H,31,35)/t18-,19+,20-,21-,22-,24-,26-,27-,28+,29+,30+/m0/s1. The third-order valence-corrected chi connectivity index (χ3v) is 13.9. The van der Waals surface area contributed by atoms with Crippen LogP contribution < -0.4 is 5.32 Å². The van der Waals surface area contributed by atoms with Crippen molar-refractivity contribution < 1.29 is 14.7 Å². The molecular formula is C30H50N2O3S. The molecular weight excluding hydrogens is 468 g/mol. The summed E-state index contributed by atoms with van der Waals surface area (Å²) in [6, 6.07) is 0.346. The predicted octanol–water partition coefficient (Wildman–Crippen LogP) is 4.58. The van der Waals surface area contributed by atoms with Gasteiger partial charge in [-0.25, -0.2) is 0 Å². The van der Waals surface area contributed by atoms with Crippen molar-refractivity contribution in [1.29, 1.82) is 0 Å². The predicted molar refractivity (Wildman–Crippen MR) is 147 cm³/mol. The highest BCUT2D eigenvalue weighted by molar-refractivity contribution is 7.80. The molecule has 0 radical (unpaired) electrons. The van der Waals surface area contributed by atoms with Crippen LogP contribution in [0.2, 0.25) is 0 Å². The monoisotopic (exact) mass is 518 g/mol. The average molecular weight is 519 g/mol. The number of rotatable bonds is 5. The Labute approximate surface area is 224 Å². The molecule has 5 nitrogen and oxygen atoms in total. The van der Waals surface area contributed by atoms with Crippen LogP contribution in [-0.4, -0.2) is 59.7 Å². The molecule has 0 aromatic carbocycles. The van der Waals surface area contributed by atoms with Crippen molar-refractivity contribution in [3.8, 4) is 0 Å². The van der Waals surface area contributed by atoms with Gasteiger partial charge in [-0.2, -0.15) is 12.6 Å². The first-order valence-corrected chi connectivity index (χ1v) is 15.1. The van der Waals surface area contributed by atoms with E-state index in [0.717, 1.165) is 44.3 Å². The van der Waals surface area contributed by atoms with Gasteiger partial charge >= 0.3 is 0 Å². The summed E-state index contributed by atoms with van der Waals surface area (Å²) in [4.78, 5) is 29.4. The number of fused-ring (bicyclic) bond motifs is 2. The summed E-state index contributed by atoms with van der Waals surface area (Å²) in [5.74, 6) is 2.16. The minimum Gasteiger partial charge on any atom is -0.393 e. The van der Waals surface area contributed by atoms with Gasteiger partial charge in [0, 0.05) is 35.8 Å². The van der Waals surface area contributed by atoms with Crippen LogP contribution in [0.1, 0.15) is 86.5 Å². The molecule has 0 unspecified atom stereocenters. The van der Waals surface area contributed by atoms with Crippen LogP contribution in [-0.2, 0) is 9.59 Å². The molecule has 0 aliphatic heterocycles. The first-order chi connectivity index (χ1) is 16.7. The fourth-order valence-electron chi connectivity index (χ4n) is 11.0. The average Bonchev–Trinajstić information content (AvgIpc) is 3.44. The summed E-state index contributed by atoms with van der Waals surface area (Å²) in [6.07, 6.45) is 6.16. The summed E-state index contributed by atoms with van der Waals surface area (Å²) >= 11 is 4.87. The number of hydrogen-bond donors (Lipinski definition) is 3. The molecule has 0 bridgehead atoms. The molecule has 5 aliphatic rings. The maximum atomic E-state index is 14.4. The molecule has 2 spiro atoms. The number of thiol groups is 1. The molecule has 11 atom stereocenters. The topological polar surface area (TPSA) is 69.6 Å². The quantitative estimate of drug-likeness (QED) is 0.466. The second kappa shape index (κ2) is 8.21. The highest BCUT2D eigenvalue weighted by atomic mass is 32.1. The fourth-order valence-corrected chi connectivity index (χ4v) is 11.4. The lowest BCUT2D eigenvalue weighted by atomic mass is 9.41. The van der Waals surface area contributed by atoms with E-state index < -0.39 is 0 Å². The van der Waals surface area contributed by atoms with Crippen molar-refractivity contribution in [2.24, 2.45) is 50.7 Å². The molecule has 0 aromatic heterocycles. The number of aliphatic hydroxyl groups is 1. The summed E-state index contributed by atoms with van der Waals surface area (Å²) in [5.41, 5.74) is -0.528. The second-order valence-corrected chi connectivity index (χ2v) is 15.2. The van der Waals surface area contributed by atoms with Gasteiger partial charge in [-0.3, -0.25) is 9.59 Å². The van der Waals surface area contributed by atoms with Gasteiger partial charge in [0.15, 0.2) is 0 Å². The van der Waals surface area contributed by atoms with Crippen molar-refractivity contribution in [3.63, 3.8) is 0 Å². The number of carbonyl (C=O) groups is 2. The Bertz CT molecular complexity index is 954. The number of nitrogens with zero attached hydrogens (tertiary/aromatic N) is 1. The van der Waals surface area contributed by atoms with Gasteiger partial charge in [-0.05, 0) is 98.8 Å². The van der Waals surface area contributed by atoms with E-state index in [1.54, 1.807) is 0 Å². The molecule has 204 valence electrons. The zero-order valence-corrected chi connectivity index (χ0v) is 24.8. The van der Waals surface area contributed by atoms with Crippen molar-refractivity contribution in [1.82, 2.24) is 10.2 Å². The highest BCUT2D eigenvalue weighted by Gasteiger charge is 2.86. The van der Waals surface area contributed by atoms with Crippen LogP contribution in [0.4, 0.5) is 0 Å². The second-order valence-electron chi connectivity index (χ2n) is 14.8. The molecule has 0 heterocycles. The van der Waals surface area contributed by atoms with Crippen molar-refractivity contribution in [2.75, 3.05) is 19.8 Å². The molecule has 1 amide bonds. The summed E-state index contributed by atoms with van der Waals surface area (Å²) in [7, 11) is 4.19. The fraction of sp³-hybridized carbons (Fsp3) is 0.933. The third kappa shape index (κ3) is 3.04. The molecule has 0 aromatic rings. The number of Topliss-reactive ketones (excluding diaryl/α,β-unsaturated/α-hetero) is 1. The Morgan fingerprint density at radius 2 is 1.75 bits per heavy atom. The summed E-state index contributed by atoms with van der Waals surface area (Å²) < 4.78 is 0. The van der Waals surface area contributed by atoms with Gasteiger partial charge in [0.2, 0.25) is 5.91 Å². The Morgan fingerprint density at radius 3 is 2.33 bits per heavy atom. The van der Waals surface area contributed by atoms with Gasteiger partial charge in [0.1, 0.15) is 5.78 Å². The molecule has 5 rings (SSSR count). The lowest BCUT2D eigenvalue weighted by Gasteiger charge is -2.63. The zero-order chi connectivity index (χ0) is 26.6. The molecule has 5 aliphatic carbocycles. The maximum absolute atomic E-state index is 14.4. The Hall–Kier alpha value is -0.590. The van der Waals surface area contributed by atoms with Crippen LogP contribution in [0.3, 0.4) is 0 Å². The Morgan fingerprint density at radius 1 is 1.11 bits per heavy atom. The summed E-state index contributed by atoms with van der Waals surface area (Å²) in [5, 5.41) is 14.9.